The molecular formula is C12H21N3O4. The third-order valence-corrected chi connectivity index (χ3v) is 3.06. The van der Waals surface area contributed by atoms with Crippen molar-refractivity contribution in [3.8, 4) is 0 Å². The smallest absolute Gasteiger partial charge is 0.210 e. The molecule has 7 heteroatoms. The molecule has 3 atom stereocenters. The molecule has 1 heterocycles. The maximum atomic E-state index is 10.6. The van der Waals surface area contributed by atoms with Crippen molar-refractivity contribution in [2.75, 3.05) is 20.8 Å². The monoisotopic (exact) mass is 271 g/mol. The van der Waals surface area contributed by atoms with Gasteiger partial charge in [0, 0.05) is 4.92 Å². The Morgan fingerprint density at radius 2 is 1.63 bits per heavy atom. The highest BCUT2D eigenvalue weighted by atomic mass is 16.6. The van der Waals surface area contributed by atoms with Gasteiger partial charge in [0.2, 0.25) is 18.3 Å². The minimum absolute atomic E-state index is 0.181. The fraction of sp³-hybridized carbons (Fsp3) is 0.833. The van der Waals surface area contributed by atoms with E-state index in [4.69, 9.17) is 9.47 Å². The summed E-state index contributed by atoms with van der Waals surface area (Å²) in [7, 11) is 3.05. The summed E-state index contributed by atoms with van der Waals surface area (Å²) in [5.74, 6) is 0.868. The van der Waals surface area contributed by atoms with Gasteiger partial charge in [0.05, 0.1) is 20.1 Å². The van der Waals surface area contributed by atoms with Gasteiger partial charge >= 0.3 is 0 Å². The molecule has 0 aliphatic carbocycles. The van der Waals surface area contributed by atoms with E-state index in [0.717, 1.165) is 0 Å². The summed E-state index contributed by atoms with van der Waals surface area (Å²) >= 11 is 0. The van der Waals surface area contributed by atoms with Gasteiger partial charge in [-0.25, -0.2) is 9.98 Å². The van der Waals surface area contributed by atoms with Crippen molar-refractivity contribution >= 4 is 11.8 Å². The Hall–Kier alpha value is -1.66. The molecule has 0 fully saturated rings. The Balaban J connectivity index is 3.01. The summed E-state index contributed by atoms with van der Waals surface area (Å²) in [6.45, 7) is 5.60. The van der Waals surface area contributed by atoms with Gasteiger partial charge in [-0.05, 0) is 5.92 Å². The van der Waals surface area contributed by atoms with Crippen LogP contribution in [0.15, 0.2) is 9.98 Å². The molecule has 0 aromatic rings. The topological polar surface area (TPSA) is 86.3 Å². The van der Waals surface area contributed by atoms with Crippen LogP contribution in [0.5, 0.6) is 0 Å². The molecule has 0 saturated heterocycles. The van der Waals surface area contributed by atoms with Gasteiger partial charge in [-0.1, -0.05) is 20.8 Å². The Morgan fingerprint density at radius 3 is 2.05 bits per heavy atom. The van der Waals surface area contributed by atoms with Crippen LogP contribution < -0.4 is 0 Å². The van der Waals surface area contributed by atoms with E-state index in [1.807, 2.05) is 13.8 Å². The second-order valence-electron chi connectivity index (χ2n) is 4.97. The highest BCUT2D eigenvalue weighted by Crippen LogP contribution is 2.21. The standard InChI is InChI=1S/C12H21N3O4/c1-7(2)9-11(18-4)14-10(12(13-9)19-5)8(3)6-15(16)17/h7-10H,6H2,1-5H3/t8-,9+,10-/m0/s1. The summed E-state index contributed by atoms with van der Waals surface area (Å²) < 4.78 is 10.5. The van der Waals surface area contributed by atoms with E-state index in [0.29, 0.717) is 11.8 Å². The molecule has 0 aromatic heterocycles. The van der Waals surface area contributed by atoms with Crippen molar-refractivity contribution in [3.63, 3.8) is 0 Å². The summed E-state index contributed by atoms with van der Waals surface area (Å²) in [6, 6.07) is -0.653. The first-order valence-corrected chi connectivity index (χ1v) is 6.25. The molecule has 0 bridgehead atoms. The lowest BCUT2D eigenvalue weighted by Crippen LogP contribution is -2.41. The highest BCUT2D eigenvalue weighted by Gasteiger charge is 2.35. The van der Waals surface area contributed by atoms with E-state index in [2.05, 4.69) is 9.98 Å². The first-order chi connectivity index (χ1) is 8.90. The molecular weight excluding hydrogens is 250 g/mol. The molecule has 0 N–H and O–H groups in total. The molecule has 1 aliphatic heterocycles. The number of methoxy groups -OCH3 is 2. The molecule has 7 nitrogen and oxygen atoms in total. The number of aliphatic imine (C=N–C) groups is 2. The Morgan fingerprint density at radius 1 is 1.16 bits per heavy atom. The van der Waals surface area contributed by atoms with E-state index in [9.17, 15) is 10.1 Å². The van der Waals surface area contributed by atoms with Crippen molar-refractivity contribution < 1.29 is 14.4 Å². The van der Waals surface area contributed by atoms with Crippen LogP contribution in [0.2, 0.25) is 0 Å². The molecule has 0 aromatic carbocycles. The van der Waals surface area contributed by atoms with Crippen LogP contribution in [-0.4, -0.2) is 49.6 Å². The van der Waals surface area contributed by atoms with Crippen LogP contribution in [0.3, 0.4) is 0 Å². The number of hydrogen-bond acceptors (Lipinski definition) is 6. The van der Waals surface area contributed by atoms with Gasteiger partial charge in [0.25, 0.3) is 0 Å². The SMILES string of the molecule is COC1=N[C@H](C(C)C)C(OC)=N[C@H]1[C@@H](C)C[N+](=O)[O-]. The first-order valence-electron chi connectivity index (χ1n) is 6.25. The summed E-state index contributed by atoms with van der Waals surface area (Å²) in [4.78, 5) is 19.2. The average molecular weight is 271 g/mol. The van der Waals surface area contributed by atoms with Crippen LogP contribution in [0, 0.1) is 22.0 Å². The molecule has 0 spiro atoms. The fourth-order valence-electron chi connectivity index (χ4n) is 2.02. The quantitative estimate of drug-likeness (QED) is 0.571. The van der Waals surface area contributed by atoms with Gasteiger partial charge < -0.3 is 9.47 Å². The van der Waals surface area contributed by atoms with Gasteiger partial charge in [0.1, 0.15) is 12.1 Å². The van der Waals surface area contributed by atoms with Crippen molar-refractivity contribution in [2.24, 2.45) is 21.8 Å². The second-order valence-corrected chi connectivity index (χ2v) is 4.97. The summed E-state index contributed by atoms with van der Waals surface area (Å²) in [5, 5.41) is 10.6. The summed E-state index contributed by atoms with van der Waals surface area (Å²) in [6.07, 6.45) is 0. The molecule has 0 radical (unpaired) electrons. The zero-order valence-corrected chi connectivity index (χ0v) is 12.0. The maximum Gasteiger partial charge on any atom is 0.210 e. The predicted molar refractivity (Wildman–Crippen MR) is 72.3 cm³/mol. The minimum atomic E-state index is -0.458. The van der Waals surface area contributed by atoms with Crippen LogP contribution in [0.4, 0.5) is 0 Å². The van der Waals surface area contributed by atoms with Crippen LogP contribution in [-0.2, 0) is 9.47 Å². The normalized spacial score (nSPS) is 24.5. The Kier molecular flexibility index (Phi) is 5.26. The van der Waals surface area contributed by atoms with Gasteiger partial charge in [0.15, 0.2) is 0 Å². The lowest BCUT2D eigenvalue weighted by Gasteiger charge is -2.28. The van der Waals surface area contributed by atoms with E-state index in [1.165, 1.54) is 14.2 Å². The van der Waals surface area contributed by atoms with Gasteiger partial charge in [-0.3, -0.25) is 10.1 Å². The van der Waals surface area contributed by atoms with Crippen LogP contribution in [0.25, 0.3) is 0 Å². The van der Waals surface area contributed by atoms with Crippen molar-refractivity contribution in [2.45, 2.75) is 32.9 Å². The third kappa shape index (κ3) is 3.65. The zero-order valence-electron chi connectivity index (χ0n) is 12.0. The number of rotatable bonds is 4. The van der Waals surface area contributed by atoms with E-state index in [1.54, 1.807) is 6.92 Å². The fourth-order valence-corrected chi connectivity index (χ4v) is 2.02. The predicted octanol–water partition coefficient (Wildman–Crippen LogP) is 1.40. The first kappa shape index (κ1) is 15.4. The molecule has 1 aliphatic rings. The average Bonchev–Trinajstić information content (AvgIpc) is 2.35. The molecule has 0 amide bonds. The zero-order chi connectivity index (χ0) is 14.6. The van der Waals surface area contributed by atoms with Gasteiger partial charge in [-0.15, -0.1) is 0 Å². The lowest BCUT2D eigenvalue weighted by atomic mass is 9.98. The molecule has 0 saturated carbocycles. The largest absolute Gasteiger partial charge is 0.483 e. The summed E-state index contributed by atoms with van der Waals surface area (Å²) in [5.41, 5.74) is 0. The number of hydrogen-bond donors (Lipinski definition) is 0. The van der Waals surface area contributed by atoms with Crippen molar-refractivity contribution in [1.82, 2.24) is 0 Å². The Labute approximate surface area is 112 Å². The lowest BCUT2D eigenvalue weighted by molar-refractivity contribution is -0.487. The van der Waals surface area contributed by atoms with Crippen LogP contribution in [0.1, 0.15) is 20.8 Å². The van der Waals surface area contributed by atoms with Crippen molar-refractivity contribution in [3.05, 3.63) is 10.1 Å². The van der Waals surface area contributed by atoms with E-state index in [-0.39, 0.29) is 29.3 Å². The number of nitrogens with zero attached hydrogens (tertiary/aromatic N) is 3. The highest BCUT2D eigenvalue weighted by molar-refractivity contribution is 5.94. The van der Waals surface area contributed by atoms with E-state index >= 15 is 0 Å². The second kappa shape index (κ2) is 6.49. The van der Waals surface area contributed by atoms with E-state index < -0.39 is 6.04 Å². The molecule has 1 rings (SSSR count). The number of nitro groups is 1. The maximum absolute atomic E-state index is 10.6. The van der Waals surface area contributed by atoms with Crippen LogP contribution >= 0.6 is 0 Å². The molecule has 19 heavy (non-hydrogen) atoms. The molecule has 108 valence electrons. The minimum Gasteiger partial charge on any atom is -0.483 e. The van der Waals surface area contributed by atoms with Crippen molar-refractivity contribution in [1.29, 1.82) is 0 Å². The van der Waals surface area contributed by atoms with Gasteiger partial charge in [-0.2, -0.15) is 0 Å². The third-order valence-electron chi connectivity index (χ3n) is 3.06. The Bertz CT molecular complexity index is 392. The molecule has 0 unspecified atom stereocenters. The number of ether oxygens (including phenoxy) is 2.